The van der Waals surface area contributed by atoms with Gasteiger partial charge in [-0.25, -0.2) is 4.98 Å². The molecule has 3 heteroatoms. The zero-order valence-electron chi connectivity index (χ0n) is 14.6. The summed E-state index contributed by atoms with van der Waals surface area (Å²) >= 11 is 0. The first kappa shape index (κ1) is 16.1. The number of aromatic amines is 1. The molecular weight excluding hydrogens is 306 g/mol. The highest BCUT2D eigenvalue weighted by atomic mass is 15.1. The first-order chi connectivity index (χ1) is 12.4. The van der Waals surface area contributed by atoms with Crippen LogP contribution in [-0.2, 0) is 13.0 Å². The Labute approximate surface area is 149 Å². The van der Waals surface area contributed by atoms with Crippen LogP contribution in [0.25, 0.3) is 11.4 Å². The number of likely N-dealkylation sites (tertiary alicyclic amines) is 1. The predicted molar refractivity (Wildman–Crippen MR) is 102 cm³/mol. The van der Waals surface area contributed by atoms with Crippen molar-refractivity contribution in [2.75, 3.05) is 13.1 Å². The molecule has 25 heavy (non-hydrogen) atoms. The quantitative estimate of drug-likeness (QED) is 0.745. The van der Waals surface area contributed by atoms with Gasteiger partial charge in [-0.05, 0) is 43.8 Å². The highest BCUT2D eigenvalue weighted by Crippen LogP contribution is 2.23. The van der Waals surface area contributed by atoms with E-state index in [9.17, 15) is 0 Å². The molecule has 0 bridgehead atoms. The second-order valence-electron chi connectivity index (χ2n) is 7.03. The number of hydrogen-bond acceptors (Lipinski definition) is 2. The molecule has 1 aromatic heterocycles. The molecule has 0 amide bonds. The van der Waals surface area contributed by atoms with Crippen molar-refractivity contribution in [2.24, 2.45) is 5.92 Å². The van der Waals surface area contributed by atoms with E-state index in [1.54, 1.807) is 0 Å². The Kier molecular flexibility index (Phi) is 4.93. The fraction of sp³-hybridized carbons (Fsp3) is 0.318. The molecule has 1 fully saturated rings. The number of piperidine rings is 1. The molecule has 1 N–H and O–H groups in total. The van der Waals surface area contributed by atoms with E-state index >= 15 is 0 Å². The summed E-state index contributed by atoms with van der Waals surface area (Å²) in [4.78, 5) is 10.6. The molecule has 4 rings (SSSR count). The van der Waals surface area contributed by atoms with E-state index < -0.39 is 0 Å². The number of nitrogens with zero attached hydrogens (tertiary/aromatic N) is 2. The lowest BCUT2D eigenvalue weighted by Gasteiger charge is -2.31. The summed E-state index contributed by atoms with van der Waals surface area (Å²) in [5.74, 6) is 1.79. The highest BCUT2D eigenvalue weighted by molar-refractivity contribution is 5.54. The molecule has 0 aliphatic carbocycles. The highest BCUT2D eigenvalue weighted by Gasteiger charge is 2.20. The van der Waals surface area contributed by atoms with Crippen LogP contribution in [-0.4, -0.2) is 28.0 Å². The van der Waals surface area contributed by atoms with Gasteiger partial charge in [-0.2, -0.15) is 0 Å². The smallest absolute Gasteiger partial charge is 0.137 e. The van der Waals surface area contributed by atoms with Gasteiger partial charge in [-0.3, -0.25) is 4.90 Å². The van der Waals surface area contributed by atoms with Crippen molar-refractivity contribution < 1.29 is 0 Å². The molecule has 0 atom stereocenters. The SMILES string of the molecule is c1ccc(CC2CCN(Cc3cnc(-c4ccccc4)[nH]3)CC2)cc1. The van der Waals surface area contributed by atoms with Gasteiger partial charge in [0, 0.05) is 24.0 Å². The summed E-state index contributed by atoms with van der Waals surface area (Å²) in [7, 11) is 0. The van der Waals surface area contributed by atoms with E-state index in [0.717, 1.165) is 23.9 Å². The van der Waals surface area contributed by atoms with Gasteiger partial charge in [0.25, 0.3) is 0 Å². The zero-order chi connectivity index (χ0) is 16.9. The van der Waals surface area contributed by atoms with Crippen LogP contribution in [0.4, 0.5) is 0 Å². The number of H-pyrrole nitrogens is 1. The van der Waals surface area contributed by atoms with Crippen LogP contribution in [0.15, 0.2) is 66.9 Å². The maximum Gasteiger partial charge on any atom is 0.137 e. The fourth-order valence-corrected chi connectivity index (χ4v) is 3.72. The van der Waals surface area contributed by atoms with E-state index in [4.69, 9.17) is 0 Å². The first-order valence-corrected chi connectivity index (χ1v) is 9.22. The third kappa shape index (κ3) is 4.18. The summed E-state index contributed by atoms with van der Waals surface area (Å²) < 4.78 is 0. The second kappa shape index (κ2) is 7.66. The lowest BCUT2D eigenvalue weighted by atomic mass is 9.90. The second-order valence-corrected chi connectivity index (χ2v) is 7.03. The van der Waals surface area contributed by atoms with E-state index in [0.29, 0.717) is 0 Å². The molecule has 1 aliphatic heterocycles. The number of benzene rings is 2. The van der Waals surface area contributed by atoms with E-state index in [-0.39, 0.29) is 0 Å². The van der Waals surface area contributed by atoms with Gasteiger partial charge < -0.3 is 4.98 Å². The first-order valence-electron chi connectivity index (χ1n) is 9.22. The Morgan fingerprint density at radius 1 is 0.920 bits per heavy atom. The van der Waals surface area contributed by atoms with Crippen LogP contribution in [0.1, 0.15) is 24.1 Å². The predicted octanol–water partition coefficient (Wildman–Crippen LogP) is 4.53. The average molecular weight is 331 g/mol. The van der Waals surface area contributed by atoms with Gasteiger partial charge in [0.15, 0.2) is 0 Å². The van der Waals surface area contributed by atoms with Gasteiger partial charge in [0.2, 0.25) is 0 Å². The van der Waals surface area contributed by atoms with Crippen LogP contribution < -0.4 is 0 Å². The van der Waals surface area contributed by atoms with Gasteiger partial charge in [-0.1, -0.05) is 60.7 Å². The van der Waals surface area contributed by atoms with Crippen molar-refractivity contribution in [1.29, 1.82) is 0 Å². The zero-order valence-corrected chi connectivity index (χ0v) is 14.6. The van der Waals surface area contributed by atoms with Crippen LogP contribution >= 0.6 is 0 Å². The van der Waals surface area contributed by atoms with Crippen molar-refractivity contribution in [3.63, 3.8) is 0 Å². The van der Waals surface area contributed by atoms with Crippen molar-refractivity contribution in [2.45, 2.75) is 25.8 Å². The summed E-state index contributed by atoms with van der Waals surface area (Å²) in [5, 5.41) is 0. The Bertz CT molecular complexity index is 771. The summed E-state index contributed by atoms with van der Waals surface area (Å²) in [5.41, 5.74) is 3.83. The Morgan fingerprint density at radius 3 is 2.32 bits per heavy atom. The molecule has 0 spiro atoms. The Balaban J connectivity index is 1.30. The normalized spacial score (nSPS) is 16.2. The van der Waals surface area contributed by atoms with E-state index in [1.165, 1.54) is 43.6 Å². The van der Waals surface area contributed by atoms with Gasteiger partial charge in [0.1, 0.15) is 5.82 Å². The monoisotopic (exact) mass is 331 g/mol. The molecule has 1 saturated heterocycles. The third-order valence-electron chi connectivity index (χ3n) is 5.14. The summed E-state index contributed by atoms with van der Waals surface area (Å²) in [6.45, 7) is 3.33. The molecule has 0 radical (unpaired) electrons. The maximum atomic E-state index is 4.54. The fourth-order valence-electron chi connectivity index (χ4n) is 3.72. The molecule has 128 valence electrons. The number of nitrogens with one attached hydrogen (secondary N) is 1. The molecule has 0 saturated carbocycles. The Morgan fingerprint density at radius 2 is 1.60 bits per heavy atom. The minimum atomic E-state index is 0.820. The minimum Gasteiger partial charge on any atom is -0.341 e. The Hall–Kier alpha value is -2.39. The topological polar surface area (TPSA) is 31.9 Å². The maximum absolute atomic E-state index is 4.54. The molecule has 2 heterocycles. The number of aromatic nitrogens is 2. The molecule has 0 unspecified atom stereocenters. The van der Waals surface area contributed by atoms with Crippen molar-refractivity contribution >= 4 is 0 Å². The average Bonchev–Trinajstić information content (AvgIpc) is 3.14. The van der Waals surface area contributed by atoms with E-state index in [2.05, 4.69) is 69.5 Å². The molecule has 3 nitrogen and oxygen atoms in total. The number of imidazole rings is 1. The van der Waals surface area contributed by atoms with Gasteiger partial charge in [-0.15, -0.1) is 0 Å². The lowest BCUT2D eigenvalue weighted by Crippen LogP contribution is -2.33. The molecule has 3 aromatic rings. The van der Waals surface area contributed by atoms with Crippen molar-refractivity contribution in [1.82, 2.24) is 14.9 Å². The van der Waals surface area contributed by atoms with Gasteiger partial charge >= 0.3 is 0 Å². The number of rotatable bonds is 5. The lowest BCUT2D eigenvalue weighted by molar-refractivity contribution is 0.175. The van der Waals surface area contributed by atoms with Crippen molar-refractivity contribution in [3.8, 4) is 11.4 Å². The van der Waals surface area contributed by atoms with Crippen LogP contribution in [0.3, 0.4) is 0 Å². The standard InChI is InChI=1S/C22H25N3/c1-3-7-18(8-4-1)15-19-11-13-25(14-12-19)17-21-16-23-22(24-21)20-9-5-2-6-10-20/h1-10,16,19H,11-15,17H2,(H,23,24). The molecule has 2 aromatic carbocycles. The summed E-state index contributed by atoms with van der Waals surface area (Å²) in [6, 6.07) is 21.2. The van der Waals surface area contributed by atoms with Crippen LogP contribution in [0.2, 0.25) is 0 Å². The number of hydrogen-bond donors (Lipinski definition) is 1. The van der Waals surface area contributed by atoms with Crippen molar-refractivity contribution in [3.05, 3.63) is 78.1 Å². The van der Waals surface area contributed by atoms with Crippen LogP contribution in [0, 0.1) is 5.92 Å². The summed E-state index contributed by atoms with van der Waals surface area (Å²) in [6.07, 6.45) is 5.78. The van der Waals surface area contributed by atoms with Gasteiger partial charge in [0.05, 0.1) is 0 Å². The minimum absolute atomic E-state index is 0.820. The third-order valence-corrected chi connectivity index (χ3v) is 5.14. The molecule has 1 aliphatic rings. The van der Waals surface area contributed by atoms with Crippen LogP contribution in [0.5, 0.6) is 0 Å². The van der Waals surface area contributed by atoms with E-state index in [1.807, 2.05) is 12.3 Å². The largest absolute Gasteiger partial charge is 0.341 e. The molecular formula is C22H25N3.